The van der Waals surface area contributed by atoms with Crippen LogP contribution in [0.15, 0.2) is 160 Å². The molecule has 0 aliphatic carbocycles. The van der Waals surface area contributed by atoms with Crippen molar-refractivity contribution in [2.24, 2.45) is 16.1 Å². The van der Waals surface area contributed by atoms with Gasteiger partial charge in [-0.3, -0.25) is 38.2 Å². The topological polar surface area (TPSA) is 320 Å². The normalized spacial score (nSPS) is 13.1. The summed E-state index contributed by atoms with van der Waals surface area (Å²) in [7, 11) is 4.34. The molecule has 0 amide bonds. The summed E-state index contributed by atoms with van der Waals surface area (Å²) < 4.78 is 267. The van der Waals surface area contributed by atoms with Gasteiger partial charge in [-0.2, -0.15) is 65.9 Å². The van der Waals surface area contributed by atoms with Crippen LogP contribution in [0.4, 0.5) is 79.0 Å². The number of thiol groups is 1. The van der Waals surface area contributed by atoms with E-state index in [-0.39, 0.29) is 235 Å². The molecule has 24 nitrogen and oxygen atoms in total. The number of aryl methyl sites for hydroxylation is 1. The van der Waals surface area contributed by atoms with Gasteiger partial charge < -0.3 is 31.1 Å². The molecule has 50 heteroatoms. The van der Waals surface area contributed by atoms with E-state index in [1.54, 1.807) is 6.92 Å². The van der Waals surface area contributed by atoms with Crippen LogP contribution in [0.25, 0.3) is 65.9 Å². The van der Waals surface area contributed by atoms with Crippen LogP contribution in [-0.4, -0.2) is 103 Å². The number of aromatic amines is 3. The molecule has 2 fully saturated rings. The number of rotatable bonds is 19. The third-order valence-corrected chi connectivity index (χ3v) is 21.2. The van der Waals surface area contributed by atoms with E-state index in [1.165, 1.54) is 107 Å². The molecule has 6 aromatic heterocycles. The number of nitrogens with one attached hydrogen (secondary N) is 4. The van der Waals surface area contributed by atoms with Crippen LogP contribution in [0.1, 0.15) is 82.9 Å². The van der Waals surface area contributed by atoms with Crippen LogP contribution in [0.3, 0.4) is 0 Å². The second-order valence-corrected chi connectivity index (χ2v) is 29.3. The summed E-state index contributed by atoms with van der Waals surface area (Å²) in [4.78, 5) is 68.6. The smallest absolute Gasteiger partial charge is 1.00 e. The predicted octanol–water partition coefficient (Wildman–Crippen LogP) is 12.6. The Kier molecular flexibility index (Phi) is 40.8. The van der Waals surface area contributed by atoms with Gasteiger partial charge in [0.2, 0.25) is 0 Å². The van der Waals surface area contributed by atoms with Crippen molar-refractivity contribution in [3.05, 3.63) is 225 Å². The number of nitrogens with zero attached hydrogens (tertiary/aromatic N) is 8. The number of ether oxygens (including phenoxy) is 3. The summed E-state index contributed by atoms with van der Waals surface area (Å²) in [5.41, 5.74) is 1.19. The standard InChI is InChI=1S/C26H21F7N4O3S.C20H12BrF4N3O3S.C20H13F4N3O3S.C6H10F3N.CH2O3.CH4.BHNS.2K.H/c27-19-11-17(5-6-18(19)22-35-24(38)40-36-22)39-13-21-20(12-37-9-7-16(8-10-37)26(31,32)33)34-23(41-21)14-1-3-15(4-2-14)25(28,29)30;21-8-15-16(32-18(26-15)10-1-3-11(4-2-10)20(23,24)25)9-30-12-5-6-13(14(22)7-12)17-27-19(29)31-28-17;1-10-16(31-18(25-10)11-2-4-12(5-3-11)20(22,23)24)9-29-13-6-7-14(15(21)8-13)17-26-19(28)30-27-17;7-6(8,9)5-1-3-10-4-2-5;2-1-4-3;;1-2-3;;;/h1-6,11,16H,7-10,12-13H2,(H,35,36,38);1-7H,8-9H2,(H,27,28,29);2-8H,9H2,1H3,(H,26,27,28);5,10H,1-4H2;1,3H;1H4;3H;;;/q;;;;;;;2*+1;-1/p-1. The summed E-state index contributed by atoms with van der Waals surface area (Å²) in [6.45, 7) is 3.31. The van der Waals surface area contributed by atoms with Crippen molar-refractivity contribution >= 4 is 76.9 Å². The number of piperidine rings is 2. The van der Waals surface area contributed by atoms with E-state index < -0.39 is 94.1 Å². The van der Waals surface area contributed by atoms with Crippen molar-refractivity contribution in [1.82, 2.24) is 55.6 Å². The molecule has 124 heavy (non-hydrogen) atoms. The molecule has 0 unspecified atom stereocenters. The van der Waals surface area contributed by atoms with Crippen molar-refractivity contribution in [2.75, 3.05) is 26.2 Å². The monoisotopic (exact) mass is 1950 g/mol. The van der Waals surface area contributed by atoms with E-state index in [0.29, 0.717) is 72.1 Å². The quantitative estimate of drug-likeness (QED) is 0.00955. The molecule has 4 N–H and O–H groups in total. The molecular weight excluding hydrogens is 1890 g/mol. The van der Waals surface area contributed by atoms with Crippen molar-refractivity contribution in [3.63, 3.8) is 0 Å². The molecule has 653 valence electrons. The van der Waals surface area contributed by atoms with Crippen LogP contribution in [0.5, 0.6) is 17.2 Å². The average Bonchev–Trinajstić information content (AvgIpc) is 1.70. The number of aromatic nitrogens is 9. The zero-order chi connectivity index (χ0) is 88.2. The first-order valence-corrected chi connectivity index (χ1v) is 38.5. The number of likely N-dealkylation sites (tertiary alicyclic amines) is 1. The average molecular weight is 1950 g/mol. The maximum Gasteiger partial charge on any atom is 1.00 e. The van der Waals surface area contributed by atoms with Gasteiger partial charge in [0.1, 0.15) is 69.5 Å². The van der Waals surface area contributed by atoms with Gasteiger partial charge in [-0.15, -0.1) is 34.0 Å². The van der Waals surface area contributed by atoms with Gasteiger partial charge in [-0.25, -0.2) is 42.5 Å². The molecule has 2 aliphatic rings. The first-order chi connectivity index (χ1) is 57.2. The van der Waals surface area contributed by atoms with E-state index in [1.807, 2.05) is 4.90 Å². The van der Waals surface area contributed by atoms with Crippen molar-refractivity contribution in [3.8, 4) is 83.1 Å². The minimum Gasteiger partial charge on any atom is -1.00 e. The van der Waals surface area contributed by atoms with Crippen molar-refractivity contribution in [2.45, 2.75) is 103 Å². The maximum absolute atomic E-state index is 14.7. The van der Waals surface area contributed by atoms with E-state index in [2.05, 4.69) is 110 Å². The van der Waals surface area contributed by atoms with Crippen LogP contribution in [0, 0.1) is 36.2 Å². The number of carbonyl (C=O) groups is 1. The molecular formula is C74H63BBrF18K2N12O12S4. The van der Waals surface area contributed by atoms with Crippen LogP contribution in [0.2, 0.25) is 0 Å². The van der Waals surface area contributed by atoms with E-state index >= 15 is 0 Å². The zero-order valence-corrected chi connectivity index (χ0v) is 74.6. The number of thiazole rings is 3. The van der Waals surface area contributed by atoms with Crippen molar-refractivity contribution in [1.29, 1.82) is 0 Å². The molecule has 0 saturated carbocycles. The molecule has 0 spiro atoms. The minimum atomic E-state index is -4.50. The van der Waals surface area contributed by atoms with Gasteiger partial charge in [0.25, 0.3) is 6.47 Å². The van der Waals surface area contributed by atoms with Gasteiger partial charge in [-0.05, 0) is 132 Å². The molecule has 6 aromatic carbocycles. The summed E-state index contributed by atoms with van der Waals surface area (Å²) in [5.74, 6) is -6.47. The molecule has 0 bridgehead atoms. The molecule has 1 radical (unpaired) electrons. The fourth-order valence-electron chi connectivity index (χ4n) is 11.2. The minimum absolute atomic E-state index is 0. The Bertz CT molecular complexity index is 5590. The summed E-state index contributed by atoms with van der Waals surface area (Å²) >= 11 is 10.3. The van der Waals surface area contributed by atoms with Gasteiger partial charge in [-0.1, -0.05) is 75.2 Å². The summed E-state index contributed by atoms with van der Waals surface area (Å²) in [5, 5.41) is 23.6. The molecule has 14 rings (SSSR count). The van der Waals surface area contributed by atoms with Gasteiger partial charge >= 0.3 is 176 Å². The fourth-order valence-corrected chi connectivity index (χ4v) is 14.8. The third-order valence-electron chi connectivity index (χ3n) is 17.2. The summed E-state index contributed by atoms with van der Waals surface area (Å²) in [6, 6.07) is 26.0. The Labute approximate surface area is 802 Å². The van der Waals surface area contributed by atoms with Gasteiger partial charge in [0, 0.05) is 46.8 Å². The molecule has 0 atom stereocenters. The van der Waals surface area contributed by atoms with Crippen LogP contribution in [-0.2, 0) is 59.9 Å². The largest absolute Gasteiger partial charge is 1.00 e. The first kappa shape index (κ1) is 105. The molecule has 8 heterocycles. The fraction of sp³-hybridized carbons (Fsp3) is 0.297. The van der Waals surface area contributed by atoms with E-state index in [9.17, 15) is 93.4 Å². The SMILES string of the molecule is C.Cc1nc(-c2ccc(C(F)(F)F)cc2)sc1COc1ccc(-c2noc(=O)[nH]2)c(F)c1.FC(F)(F)C1CCNCC1.O=CO[O-].O=c1[nH]c(-c2ccc(OCc3sc(-c4ccc(C(F)(F)F)cc4)nc3CBr)cc2F)no1.O=c1[nH]c(-c2ccc(OCc3sc(-c4ccc(C(F)(F)F)cc4)nc3CN3CCC(C(F)(F)F)CC3)cc2F)no1.[B]=NS.[H-].[K+].[K+]. The number of hydrogen-bond acceptors (Lipinski definition) is 25. The predicted molar refractivity (Wildman–Crippen MR) is 413 cm³/mol. The van der Waals surface area contributed by atoms with E-state index in [0.717, 1.165) is 64.4 Å². The number of hydrogen-bond donors (Lipinski definition) is 5. The Morgan fingerprint density at radius 3 is 1.13 bits per heavy atom. The Hall–Kier alpha value is -7.51. The number of H-pyrrole nitrogens is 3. The number of benzene rings is 6. The maximum atomic E-state index is 14.7. The first-order valence-electron chi connectivity index (χ1n) is 34.6. The number of alkyl halides is 16. The van der Waals surface area contributed by atoms with Crippen molar-refractivity contribution < 1.29 is 226 Å². The number of halogens is 19. The number of carbonyl (C=O) groups excluding carboxylic acids is 1. The van der Waals surface area contributed by atoms with Gasteiger partial charge in [0.15, 0.2) is 17.5 Å². The van der Waals surface area contributed by atoms with Crippen LogP contribution >= 0.6 is 62.8 Å². The molecule has 2 aliphatic heterocycles. The summed E-state index contributed by atoms with van der Waals surface area (Å²) in [6.07, 6.45) is -21.1. The molecule has 12 aromatic rings. The third kappa shape index (κ3) is 30.9. The second kappa shape index (κ2) is 48.1. The van der Waals surface area contributed by atoms with Gasteiger partial charge in [0.05, 0.1) is 76.9 Å². The Morgan fingerprint density at radius 2 is 0.839 bits per heavy atom. The Balaban J connectivity index is 0.000000301. The molecule has 2 saturated heterocycles. The Morgan fingerprint density at radius 1 is 0.532 bits per heavy atom. The van der Waals surface area contributed by atoms with Crippen LogP contribution < -0.4 is 145 Å². The zero-order valence-electron chi connectivity index (χ0n) is 64.5. The second-order valence-electron chi connectivity index (χ2n) is 25.3. The van der Waals surface area contributed by atoms with E-state index in [4.69, 9.17) is 24.3 Å².